The number of nitrogens with zero attached hydrogens (tertiary/aromatic N) is 2. The maximum absolute atomic E-state index is 12.2. The summed E-state index contributed by atoms with van der Waals surface area (Å²) >= 11 is 0. The van der Waals surface area contributed by atoms with Crippen molar-refractivity contribution < 1.29 is 9.32 Å². The zero-order valence-corrected chi connectivity index (χ0v) is 14.1. The quantitative estimate of drug-likeness (QED) is 0.890. The summed E-state index contributed by atoms with van der Waals surface area (Å²) < 4.78 is 5.20. The van der Waals surface area contributed by atoms with Crippen molar-refractivity contribution in [3.8, 4) is 0 Å². The van der Waals surface area contributed by atoms with Gasteiger partial charge in [-0.3, -0.25) is 15.0 Å². The number of rotatable bonds is 4. The van der Waals surface area contributed by atoms with Crippen LogP contribution in [-0.2, 0) is 10.2 Å². The Morgan fingerprint density at radius 2 is 2.23 bits per heavy atom. The number of nitrogens with one attached hydrogen (secondary N) is 2. The topological polar surface area (TPSA) is 70.4 Å². The standard InChI is InChI=1S/C16H28N4O2/c1-16(2,3)13-10-15(22-19-13)18-14(21)11-20(4)12-6-5-8-17-9-7-12/h10,12,17H,5-9,11H2,1-4H3,(H,18,21). The molecule has 1 fully saturated rings. The number of carbonyl (C=O) groups is 1. The van der Waals surface area contributed by atoms with Crippen LogP contribution in [0.25, 0.3) is 0 Å². The van der Waals surface area contributed by atoms with Gasteiger partial charge in [-0.1, -0.05) is 25.9 Å². The number of amides is 1. The number of anilines is 1. The number of carbonyl (C=O) groups excluding carboxylic acids is 1. The van der Waals surface area contributed by atoms with Gasteiger partial charge in [0, 0.05) is 17.5 Å². The van der Waals surface area contributed by atoms with E-state index in [0.717, 1.165) is 38.0 Å². The predicted molar refractivity (Wildman–Crippen MR) is 87.0 cm³/mol. The van der Waals surface area contributed by atoms with Gasteiger partial charge in [-0.05, 0) is 39.4 Å². The smallest absolute Gasteiger partial charge is 0.240 e. The molecule has 1 atom stereocenters. The van der Waals surface area contributed by atoms with Crippen molar-refractivity contribution in [2.75, 3.05) is 32.0 Å². The lowest BCUT2D eigenvalue weighted by Crippen LogP contribution is -2.38. The normalized spacial score (nSPS) is 20.0. The van der Waals surface area contributed by atoms with E-state index in [2.05, 4.69) is 41.5 Å². The van der Waals surface area contributed by atoms with Gasteiger partial charge in [-0.2, -0.15) is 0 Å². The maximum Gasteiger partial charge on any atom is 0.240 e. The van der Waals surface area contributed by atoms with Crippen LogP contribution in [0.4, 0.5) is 5.88 Å². The number of likely N-dealkylation sites (N-methyl/N-ethyl adjacent to an activating group) is 1. The molecule has 1 unspecified atom stereocenters. The summed E-state index contributed by atoms with van der Waals surface area (Å²) in [6.07, 6.45) is 3.38. The minimum atomic E-state index is -0.0867. The molecule has 124 valence electrons. The lowest BCUT2D eigenvalue weighted by molar-refractivity contribution is -0.117. The number of hydrogen-bond donors (Lipinski definition) is 2. The molecule has 22 heavy (non-hydrogen) atoms. The number of hydrogen-bond acceptors (Lipinski definition) is 5. The second-order valence-corrected chi connectivity index (χ2v) is 7.12. The molecule has 0 bridgehead atoms. The fourth-order valence-electron chi connectivity index (χ4n) is 2.66. The fourth-order valence-corrected chi connectivity index (χ4v) is 2.66. The van der Waals surface area contributed by atoms with Crippen LogP contribution in [0.3, 0.4) is 0 Å². The molecule has 2 N–H and O–H groups in total. The van der Waals surface area contributed by atoms with Crippen LogP contribution in [0.1, 0.15) is 45.7 Å². The molecule has 0 spiro atoms. The third-order valence-electron chi connectivity index (χ3n) is 4.10. The summed E-state index contributed by atoms with van der Waals surface area (Å²) in [6.45, 7) is 8.65. The van der Waals surface area contributed by atoms with Crippen molar-refractivity contribution in [2.45, 2.75) is 51.5 Å². The van der Waals surface area contributed by atoms with Crippen LogP contribution in [0, 0.1) is 0 Å². The molecule has 1 amide bonds. The molecule has 0 aliphatic carbocycles. The summed E-state index contributed by atoms with van der Waals surface area (Å²) in [5, 5.41) is 10.2. The first kappa shape index (κ1) is 17.0. The summed E-state index contributed by atoms with van der Waals surface area (Å²) in [5.41, 5.74) is 0.752. The van der Waals surface area contributed by atoms with Gasteiger partial charge in [0.25, 0.3) is 0 Å². The minimum absolute atomic E-state index is 0.0590. The zero-order chi connectivity index (χ0) is 16.2. The summed E-state index contributed by atoms with van der Waals surface area (Å²) in [7, 11) is 2.01. The first-order valence-corrected chi connectivity index (χ1v) is 8.04. The van der Waals surface area contributed by atoms with Gasteiger partial charge >= 0.3 is 0 Å². The first-order chi connectivity index (χ1) is 10.4. The van der Waals surface area contributed by atoms with Crippen molar-refractivity contribution >= 4 is 11.8 Å². The lowest BCUT2D eigenvalue weighted by Gasteiger charge is -2.25. The van der Waals surface area contributed by atoms with E-state index in [-0.39, 0.29) is 11.3 Å². The summed E-state index contributed by atoms with van der Waals surface area (Å²) in [4.78, 5) is 14.3. The molecule has 0 aromatic carbocycles. The Kier molecular flexibility index (Phi) is 5.58. The van der Waals surface area contributed by atoms with Gasteiger partial charge in [0.1, 0.15) is 0 Å². The van der Waals surface area contributed by atoms with Crippen LogP contribution in [0.2, 0.25) is 0 Å². The van der Waals surface area contributed by atoms with Gasteiger partial charge < -0.3 is 9.84 Å². The van der Waals surface area contributed by atoms with E-state index in [0.29, 0.717) is 18.5 Å². The highest BCUT2D eigenvalue weighted by atomic mass is 16.5. The van der Waals surface area contributed by atoms with Gasteiger partial charge in [0.15, 0.2) is 0 Å². The van der Waals surface area contributed by atoms with Crippen LogP contribution >= 0.6 is 0 Å². The first-order valence-electron chi connectivity index (χ1n) is 8.04. The lowest BCUT2D eigenvalue weighted by atomic mass is 9.92. The van der Waals surface area contributed by atoms with Crippen molar-refractivity contribution in [3.63, 3.8) is 0 Å². The highest BCUT2D eigenvalue weighted by Crippen LogP contribution is 2.23. The zero-order valence-electron chi connectivity index (χ0n) is 14.1. The van der Waals surface area contributed by atoms with Crippen LogP contribution in [0.15, 0.2) is 10.6 Å². The van der Waals surface area contributed by atoms with Crippen molar-refractivity contribution in [3.05, 3.63) is 11.8 Å². The fraction of sp³-hybridized carbons (Fsp3) is 0.750. The largest absolute Gasteiger partial charge is 0.338 e. The van der Waals surface area contributed by atoms with E-state index < -0.39 is 0 Å². The molecular weight excluding hydrogens is 280 g/mol. The highest BCUT2D eigenvalue weighted by molar-refractivity contribution is 5.91. The second-order valence-electron chi connectivity index (χ2n) is 7.12. The van der Waals surface area contributed by atoms with E-state index in [1.165, 1.54) is 0 Å². The average molecular weight is 308 g/mol. The SMILES string of the molecule is CN(CC(=O)Nc1cc(C(C)(C)C)no1)C1CCCNCC1. The Bertz CT molecular complexity index is 485. The Balaban J connectivity index is 1.85. The number of aromatic nitrogens is 1. The molecule has 0 saturated carbocycles. The van der Waals surface area contributed by atoms with Gasteiger partial charge in [-0.15, -0.1) is 0 Å². The molecule has 6 heteroatoms. The van der Waals surface area contributed by atoms with Crippen molar-refractivity contribution in [1.82, 2.24) is 15.4 Å². The third kappa shape index (κ3) is 4.81. The third-order valence-corrected chi connectivity index (χ3v) is 4.10. The molecule has 1 saturated heterocycles. The van der Waals surface area contributed by atoms with Crippen LogP contribution in [0.5, 0.6) is 0 Å². The van der Waals surface area contributed by atoms with E-state index >= 15 is 0 Å². The maximum atomic E-state index is 12.2. The van der Waals surface area contributed by atoms with Crippen LogP contribution < -0.4 is 10.6 Å². The van der Waals surface area contributed by atoms with Gasteiger partial charge in [0.05, 0.1) is 12.2 Å². The molecule has 6 nitrogen and oxygen atoms in total. The molecule has 1 aromatic rings. The van der Waals surface area contributed by atoms with E-state index in [4.69, 9.17) is 4.52 Å². The molecule has 1 aliphatic heterocycles. The van der Waals surface area contributed by atoms with Crippen molar-refractivity contribution in [1.29, 1.82) is 0 Å². The van der Waals surface area contributed by atoms with E-state index in [1.807, 2.05) is 7.05 Å². The monoisotopic (exact) mass is 308 g/mol. The molecule has 1 aromatic heterocycles. The van der Waals surface area contributed by atoms with E-state index in [9.17, 15) is 4.79 Å². The predicted octanol–water partition coefficient (Wildman–Crippen LogP) is 1.98. The Morgan fingerprint density at radius 1 is 1.45 bits per heavy atom. The Labute approximate surface area is 132 Å². The Morgan fingerprint density at radius 3 is 2.91 bits per heavy atom. The molecule has 1 aliphatic rings. The Hall–Kier alpha value is -1.40. The van der Waals surface area contributed by atoms with E-state index in [1.54, 1.807) is 6.07 Å². The minimum Gasteiger partial charge on any atom is -0.338 e. The average Bonchev–Trinajstić information content (AvgIpc) is 2.73. The molecule has 0 radical (unpaired) electrons. The molecule has 2 heterocycles. The van der Waals surface area contributed by atoms with Crippen LogP contribution in [-0.4, -0.2) is 48.7 Å². The highest BCUT2D eigenvalue weighted by Gasteiger charge is 2.21. The summed E-state index contributed by atoms with van der Waals surface area (Å²) in [5.74, 6) is 0.363. The van der Waals surface area contributed by atoms with Gasteiger partial charge in [0.2, 0.25) is 11.8 Å². The molecule has 2 rings (SSSR count). The van der Waals surface area contributed by atoms with Gasteiger partial charge in [-0.25, -0.2) is 0 Å². The summed E-state index contributed by atoms with van der Waals surface area (Å²) in [6, 6.07) is 2.26. The molecular formula is C16H28N4O2. The van der Waals surface area contributed by atoms with Crippen molar-refractivity contribution in [2.24, 2.45) is 0 Å². The second kappa shape index (κ2) is 7.24.